The standard InChI is InChI=1S/C15H23NOS/c1-10-7-14(10)15-6-4-12(17-15)9-16-11-3-5-13(8-11)18-2/h4,6,10-11,13-14,16H,3,5,7-9H2,1-2H3. The van der Waals surface area contributed by atoms with Crippen LogP contribution in [-0.4, -0.2) is 17.5 Å². The molecule has 0 aliphatic heterocycles. The van der Waals surface area contributed by atoms with Crippen molar-refractivity contribution in [3.63, 3.8) is 0 Å². The Balaban J connectivity index is 1.47. The van der Waals surface area contributed by atoms with Crippen molar-refractivity contribution >= 4 is 11.8 Å². The summed E-state index contributed by atoms with van der Waals surface area (Å²) in [4.78, 5) is 0. The molecule has 2 nitrogen and oxygen atoms in total. The average Bonchev–Trinajstić information content (AvgIpc) is 2.86. The zero-order valence-electron chi connectivity index (χ0n) is 11.3. The maximum absolute atomic E-state index is 5.92. The minimum atomic E-state index is 0.691. The first kappa shape index (κ1) is 12.6. The molecule has 0 spiro atoms. The van der Waals surface area contributed by atoms with Crippen LogP contribution in [-0.2, 0) is 6.54 Å². The van der Waals surface area contributed by atoms with Crippen LogP contribution >= 0.6 is 11.8 Å². The summed E-state index contributed by atoms with van der Waals surface area (Å²) in [6.45, 7) is 3.19. The highest BCUT2D eigenvalue weighted by molar-refractivity contribution is 7.99. The SMILES string of the molecule is CSC1CCC(NCc2ccc(C3CC3C)o2)C1. The van der Waals surface area contributed by atoms with Crippen LogP contribution < -0.4 is 5.32 Å². The molecular formula is C15H23NOS. The summed E-state index contributed by atoms with van der Waals surface area (Å²) in [5, 5.41) is 4.50. The second kappa shape index (κ2) is 5.30. The van der Waals surface area contributed by atoms with Crippen LogP contribution in [0.4, 0.5) is 0 Å². The van der Waals surface area contributed by atoms with Crippen LogP contribution in [0.1, 0.15) is 50.0 Å². The highest BCUT2D eigenvalue weighted by atomic mass is 32.2. The van der Waals surface area contributed by atoms with E-state index in [9.17, 15) is 0 Å². The van der Waals surface area contributed by atoms with Crippen LogP contribution in [0.5, 0.6) is 0 Å². The summed E-state index contributed by atoms with van der Waals surface area (Å²) in [6.07, 6.45) is 7.52. The molecule has 2 aliphatic carbocycles. The largest absolute Gasteiger partial charge is 0.464 e. The molecule has 1 aromatic heterocycles. The maximum atomic E-state index is 5.92. The third-order valence-corrected chi connectivity index (χ3v) is 5.53. The first-order valence-electron chi connectivity index (χ1n) is 7.11. The fourth-order valence-electron chi connectivity index (χ4n) is 2.99. The van der Waals surface area contributed by atoms with Gasteiger partial charge in [-0.25, -0.2) is 0 Å². The van der Waals surface area contributed by atoms with Crippen LogP contribution in [0.2, 0.25) is 0 Å². The van der Waals surface area contributed by atoms with Crippen molar-refractivity contribution in [1.82, 2.24) is 5.32 Å². The van der Waals surface area contributed by atoms with Gasteiger partial charge in [-0.05, 0) is 50.0 Å². The van der Waals surface area contributed by atoms with Gasteiger partial charge in [0, 0.05) is 17.2 Å². The Labute approximate surface area is 114 Å². The van der Waals surface area contributed by atoms with E-state index in [2.05, 4.69) is 30.6 Å². The fraction of sp³-hybridized carbons (Fsp3) is 0.733. The molecule has 3 rings (SSSR count). The summed E-state index contributed by atoms with van der Waals surface area (Å²) in [5.74, 6) is 3.84. The van der Waals surface area contributed by atoms with Gasteiger partial charge < -0.3 is 9.73 Å². The molecule has 0 saturated heterocycles. The van der Waals surface area contributed by atoms with Gasteiger partial charge in [-0.1, -0.05) is 6.92 Å². The zero-order chi connectivity index (χ0) is 12.5. The first-order chi connectivity index (χ1) is 8.76. The molecule has 3 heteroatoms. The Morgan fingerprint density at radius 2 is 2.17 bits per heavy atom. The molecule has 4 atom stereocenters. The first-order valence-corrected chi connectivity index (χ1v) is 8.40. The van der Waals surface area contributed by atoms with Gasteiger partial charge in [-0.2, -0.15) is 11.8 Å². The second-order valence-electron chi connectivity index (χ2n) is 5.87. The van der Waals surface area contributed by atoms with E-state index >= 15 is 0 Å². The number of thioether (sulfide) groups is 1. The van der Waals surface area contributed by atoms with Gasteiger partial charge in [0.2, 0.25) is 0 Å². The van der Waals surface area contributed by atoms with Crippen molar-refractivity contribution in [2.45, 2.75) is 56.4 Å². The quantitative estimate of drug-likeness (QED) is 0.877. The number of nitrogens with one attached hydrogen (secondary N) is 1. The van der Waals surface area contributed by atoms with Crippen LogP contribution in [0.3, 0.4) is 0 Å². The van der Waals surface area contributed by atoms with Crippen LogP contribution in [0, 0.1) is 5.92 Å². The summed E-state index contributed by atoms with van der Waals surface area (Å²) in [7, 11) is 0. The molecule has 1 aromatic rings. The minimum absolute atomic E-state index is 0.691. The molecule has 0 radical (unpaired) electrons. The molecule has 2 aliphatic rings. The van der Waals surface area contributed by atoms with E-state index in [1.165, 1.54) is 31.4 Å². The molecule has 1 heterocycles. The summed E-state index contributed by atoms with van der Waals surface area (Å²) < 4.78 is 5.92. The van der Waals surface area contributed by atoms with E-state index in [1.54, 1.807) is 0 Å². The van der Waals surface area contributed by atoms with Crippen molar-refractivity contribution < 1.29 is 4.42 Å². The molecule has 0 bridgehead atoms. The third-order valence-electron chi connectivity index (χ3n) is 4.44. The van der Waals surface area contributed by atoms with E-state index in [-0.39, 0.29) is 0 Å². The van der Waals surface area contributed by atoms with Crippen molar-refractivity contribution in [1.29, 1.82) is 0 Å². The van der Waals surface area contributed by atoms with E-state index < -0.39 is 0 Å². The average molecular weight is 265 g/mol. The zero-order valence-corrected chi connectivity index (χ0v) is 12.1. The topological polar surface area (TPSA) is 25.2 Å². The molecule has 2 saturated carbocycles. The molecule has 2 fully saturated rings. The van der Waals surface area contributed by atoms with Crippen molar-refractivity contribution in [2.75, 3.05) is 6.26 Å². The van der Waals surface area contributed by atoms with Gasteiger partial charge in [-0.3, -0.25) is 0 Å². The van der Waals surface area contributed by atoms with E-state index in [1.807, 2.05) is 11.8 Å². The lowest BCUT2D eigenvalue weighted by atomic mass is 10.2. The molecule has 0 aromatic carbocycles. The Hall–Kier alpha value is -0.410. The number of furan rings is 1. The molecule has 100 valence electrons. The van der Waals surface area contributed by atoms with Gasteiger partial charge in [0.1, 0.15) is 11.5 Å². The molecular weight excluding hydrogens is 242 g/mol. The van der Waals surface area contributed by atoms with Gasteiger partial charge in [-0.15, -0.1) is 0 Å². The molecule has 4 unspecified atom stereocenters. The highest BCUT2D eigenvalue weighted by Gasteiger charge is 2.36. The minimum Gasteiger partial charge on any atom is -0.464 e. The molecule has 1 N–H and O–H groups in total. The Kier molecular flexibility index (Phi) is 3.71. The van der Waals surface area contributed by atoms with Crippen LogP contribution in [0.25, 0.3) is 0 Å². The van der Waals surface area contributed by atoms with E-state index in [0.29, 0.717) is 12.0 Å². The summed E-state index contributed by atoms with van der Waals surface area (Å²) in [6, 6.07) is 5.01. The Morgan fingerprint density at radius 1 is 1.33 bits per heavy atom. The van der Waals surface area contributed by atoms with Crippen molar-refractivity contribution in [2.24, 2.45) is 5.92 Å². The smallest absolute Gasteiger partial charge is 0.117 e. The van der Waals surface area contributed by atoms with Gasteiger partial charge in [0.15, 0.2) is 0 Å². The van der Waals surface area contributed by atoms with Gasteiger partial charge in [0.05, 0.1) is 6.54 Å². The lowest BCUT2D eigenvalue weighted by Gasteiger charge is -2.11. The second-order valence-corrected chi connectivity index (χ2v) is 7.01. The van der Waals surface area contributed by atoms with Gasteiger partial charge in [0.25, 0.3) is 0 Å². The maximum Gasteiger partial charge on any atom is 0.117 e. The molecule has 18 heavy (non-hydrogen) atoms. The monoisotopic (exact) mass is 265 g/mol. The predicted octanol–water partition coefficient (Wildman–Crippen LogP) is 3.78. The van der Waals surface area contributed by atoms with Crippen molar-refractivity contribution in [3.05, 3.63) is 23.7 Å². The number of hydrogen-bond acceptors (Lipinski definition) is 3. The predicted molar refractivity (Wildman–Crippen MR) is 77.0 cm³/mol. The van der Waals surface area contributed by atoms with E-state index in [4.69, 9.17) is 4.42 Å². The normalized spacial score (nSPS) is 35.0. The number of hydrogen-bond donors (Lipinski definition) is 1. The van der Waals surface area contributed by atoms with Crippen LogP contribution in [0.15, 0.2) is 16.5 Å². The lowest BCUT2D eigenvalue weighted by molar-refractivity contribution is 0.421. The lowest BCUT2D eigenvalue weighted by Crippen LogP contribution is -2.25. The third kappa shape index (κ3) is 2.77. The molecule has 0 amide bonds. The number of rotatable bonds is 5. The van der Waals surface area contributed by atoms with Gasteiger partial charge >= 0.3 is 0 Å². The summed E-state index contributed by atoms with van der Waals surface area (Å²) >= 11 is 2.01. The van der Waals surface area contributed by atoms with Crippen molar-refractivity contribution in [3.8, 4) is 0 Å². The Bertz CT molecular complexity index is 403. The fourth-order valence-corrected chi connectivity index (χ4v) is 3.79. The van der Waals surface area contributed by atoms with E-state index in [0.717, 1.165) is 23.5 Å². The summed E-state index contributed by atoms with van der Waals surface area (Å²) in [5.41, 5.74) is 0. The highest BCUT2D eigenvalue weighted by Crippen LogP contribution is 2.47. The Morgan fingerprint density at radius 3 is 2.83 bits per heavy atom.